The number of hydrogen-bond donors (Lipinski definition) is 0. The van der Waals surface area contributed by atoms with Crippen LogP contribution in [-0.4, -0.2) is 54.4 Å². The van der Waals surface area contributed by atoms with E-state index in [1.165, 1.54) is 0 Å². The van der Waals surface area contributed by atoms with Crippen LogP contribution in [0.25, 0.3) is 0 Å². The molecule has 0 aliphatic carbocycles. The van der Waals surface area contributed by atoms with E-state index in [0.717, 1.165) is 0 Å². The summed E-state index contributed by atoms with van der Waals surface area (Å²) in [6, 6.07) is 0. The Hall–Kier alpha value is 2.53. The standard InChI is InChI=1S/Ba.Co.Ni.H2O.2H/h;;;1H2;;. The molecule has 4 heteroatoms. The van der Waals surface area contributed by atoms with E-state index in [0.29, 0.717) is 0 Å². The molecular formula is H4BaCoNiO. The van der Waals surface area contributed by atoms with Crippen molar-refractivity contribution in [1.29, 1.82) is 0 Å². The summed E-state index contributed by atoms with van der Waals surface area (Å²) < 4.78 is 0. The summed E-state index contributed by atoms with van der Waals surface area (Å²) >= 11 is 0. The molecule has 0 bridgehead atoms. The molecule has 4 heavy (non-hydrogen) atoms. The average Bonchev–Trinajstić information content (AvgIpc) is 0. The minimum Gasteiger partial charge on any atom is 0 e. The van der Waals surface area contributed by atoms with Gasteiger partial charge in [0, 0.05) is 33.3 Å². The van der Waals surface area contributed by atoms with Crippen LogP contribution in [0, 0.1) is 0 Å². The predicted octanol–water partition coefficient (Wildman–Crippen LogP) is -1.75. The molecule has 0 aromatic carbocycles. The maximum absolute atomic E-state index is 0. The Labute approximate surface area is 85.8 Å². The van der Waals surface area contributed by atoms with Crippen molar-refractivity contribution in [3.63, 3.8) is 0 Å². The Kier molecular flexibility index (Phi) is 138. The minimum absolute atomic E-state index is 0. The molecule has 0 aliphatic rings. The fraction of sp³-hybridized carbons (Fsp3) is 0. The van der Waals surface area contributed by atoms with Gasteiger partial charge in [-0.2, -0.15) is 0 Å². The largest absolute Gasteiger partial charge is 0 e. The van der Waals surface area contributed by atoms with E-state index in [1.807, 2.05) is 0 Å². The summed E-state index contributed by atoms with van der Waals surface area (Å²) in [6.45, 7) is 0. The zero-order valence-corrected chi connectivity index (χ0v) is 3.18. The van der Waals surface area contributed by atoms with Gasteiger partial charge in [0.15, 0.2) is 0 Å². The molecule has 1 nitrogen and oxygen atoms in total. The molecule has 0 saturated carbocycles. The van der Waals surface area contributed by atoms with Gasteiger partial charge in [-0.1, -0.05) is 0 Å². The van der Waals surface area contributed by atoms with E-state index >= 15 is 0 Å². The van der Waals surface area contributed by atoms with Gasteiger partial charge in [0.25, 0.3) is 0 Å². The summed E-state index contributed by atoms with van der Waals surface area (Å²) in [4.78, 5) is 0. The minimum atomic E-state index is 0. The Morgan fingerprint density at radius 2 is 1.00 bits per heavy atom. The second-order valence-electron chi connectivity index (χ2n) is 0. The summed E-state index contributed by atoms with van der Waals surface area (Å²) in [7, 11) is 0. The van der Waals surface area contributed by atoms with Crippen LogP contribution in [0.15, 0.2) is 0 Å². The van der Waals surface area contributed by atoms with Crippen molar-refractivity contribution in [2.75, 3.05) is 0 Å². The summed E-state index contributed by atoms with van der Waals surface area (Å²) in [5.74, 6) is 0. The smallest absolute Gasteiger partial charge is 0 e. The Balaban J connectivity index is 0. The fourth-order valence-electron chi connectivity index (χ4n) is 0. The first-order chi connectivity index (χ1) is 0. The third-order valence-corrected chi connectivity index (χ3v) is 0. The maximum atomic E-state index is 0. The van der Waals surface area contributed by atoms with Crippen LogP contribution in [0.2, 0.25) is 0 Å². The summed E-state index contributed by atoms with van der Waals surface area (Å²) in [6.07, 6.45) is 0. The Morgan fingerprint density at radius 3 is 1.00 bits per heavy atom. The number of hydrogen-bond acceptors (Lipinski definition) is 0. The summed E-state index contributed by atoms with van der Waals surface area (Å²) in [5.41, 5.74) is 0. The first kappa shape index (κ1) is 31.2. The van der Waals surface area contributed by atoms with E-state index in [1.54, 1.807) is 0 Å². The van der Waals surface area contributed by atoms with E-state index in [4.69, 9.17) is 0 Å². The van der Waals surface area contributed by atoms with Crippen LogP contribution < -0.4 is 0 Å². The van der Waals surface area contributed by atoms with Gasteiger partial charge in [-0.05, 0) is 0 Å². The van der Waals surface area contributed by atoms with Gasteiger partial charge in [-0.25, -0.2) is 0 Å². The average molecular weight is 275 g/mol. The van der Waals surface area contributed by atoms with Crippen molar-refractivity contribution in [1.82, 2.24) is 0 Å². The van der Waals surface area contributed by atoms with Crippen molar-refractivity contribution in [3.05, 3.63) is 0 Å². The zero-order chi connectivity index (χ0) is 0. The third kappa shape index (κ3) is 8.82. The number of rotatable bonds is 0. The molecule has 0 aromatic heterocycles. The molecule has 1 radical (unpaired) electrons. The van der Waals surface area contributed by atoms with Crippen LogP contribution in [0.3, 0.4) is 0 Å². The van der Waals surface area contributed by atoms with Crippen LogP contribution in [0.1, 0.15) is 0 Å². The van der Waals surface area contributed by atoms with Gasteiger partial charge in [-0.3, -0.25) is 0 Å². The molecule has 0 aromatic rings. The van der Waals surface area contributed by atoms with Crippen molar-refractivity contribution < 1.29 is 38.7 Å². The van der Waals surface area contributed by atoms with Crippen LogP contribution in [0.4, 0.5) is 0 Å². The second kappa shape index (κ2) is 17.7. The molecule has 0 atom stereocenters. The van der Waals surface area contributed by atoms with Gasteiger partial charge in [0.1, 0.15) is 0 Å². The van der Waals surface area contributed by atoms with E-state index in [9.17, 15) is 0 Å². The molecular weight excluding hydrogens is 271 g/mol. The first-order valence-electron chi connectivity index (χ1n) is 0. The van der Waals surface area contributed by atoms with Crippen molar-refractivity contribution >= 4 is 48.9 Å². The monoisotopic (exact) mass is 275 g/mol. The quantitative estimate of drug-likeness (QED) is 0.470. The first-order valence-corrected chi connectivity index (χ1v) is 0. The van der Waals surface area contributed by atoms with Gasteiger partial charge in [0.05, 0.1) is 0 Å². The zero-order valence-electron chi connectivity index (χ0n) is 1.15. The topological polar surface area (TPSA) is 31.5 Å². The van der Waals surface area contributed by atoms with Crippen LogP contribution >= 0.6 is 0 Å². The van der Waals surface area contributed by atoms with Crippen molar-refractivity contribution in [2.24, 2.45) is 0 Å². The molecule has 0 rings (SSSR count). The van der Waals surface area contributed by atoms with Gasteiger partial charge >= 0.3 is 48.9 Å². The summed E-state index contributed by atoms with van der Waals surface area (Å²) in [5, 5.41) is 0. The van der Waals surface area contributed by atoms with Crippen LogP contribution in [-0.2, 0) is 33.3 Å². The third-order valence-electron chi connectivity index (χ3n) is 0. The molecule has 31 valence electrons. The van der Waals surface area contributed by atoms with Crippen LogP contribution in [0.5, 0.6) is 0 Å². The van der Waals surface area contributed by atoms with E-state index < -0.39 is 0 Å². The molecule has 0 fully saturated rings. The van der Waals surface area contributed by atoms with Gasteiger partial charge in [-0.15, -0.1) is 0 Å². The molecule has 0 spiro atoms. The molecule has 0 unspecified atom stereocenters. The normalized spacial score (nSPS) is 0. The Bertz CT molecular complexity index is 8.00. The fourth-order valence-corrected chi connectivity index (χ4v) is 0. The SMILES string of the molecule is O.[BaH2].[Co].[Ni]. The van der Waals surface area contributed by atoms with E-state index in [2.05, 4.69) is 0 Å². The molecule has 0 amide bonds. The van der Waals surface area contributed by atoms with Crippen molar-refractivity contribution in [2.45, 2.75) is 0 Å². The second-order valence-corrected chi connectivity index (χ2v) is 0. The Morgan fingerprint density at radius 1 is 1.00 bits per heavy atom. The van der Waals surface area contributed by atoms with Gasteiger partial charge < -0.3 is 5.48 Å². The van der Waals surface area contributed by atoms with E-state index in [-0.39, 0.29) is 87.6 Å². The molecule has 0 saturated heterocycles. The maximum Gasteiger partial charge on any atom is 0 e. The van der Waals surface area contributed by atoms with Gasteiger partial charge in [0.2, 0.25) is 0 Å². The van der Waals surface area contributed by atoms with Crippen molar-refractivity contribution in [3.8, 4) is 0 Å². The predicted molar refractivity (Wildman–Crippen MR) is 12.2 cm³/mol. The molecule has 0 heterocycles. The molecule has 2 N–H and O–H groups in total. The molecule has 0 aliphatic heterocycles.